The number of amides is 1. The van der Waals surface area contributed by atoms with Crippen molar-refractivity contribution >= 4 is 17.4 Å². The van der Waals surface area contributed by atoms with Gasteiger partial charge in [0.15, 0.2) is 0 Å². The van der Waals surface area contributed by atoms with E-state index in [9.17, 15) is 9.90 Å². The lowest BCUT2D eigenvalue weighted by Gasteiger charge is -2.33. The van der Waals surface area contributed by atoms with Crippen molar-refractivity contribution in [2.45, 2.75) is 45.3 Å². The standard InChI is InChI=1S/C24H32N6O4/c1-15(13-31)26-22(32)21-27-23(29-24(28-21)34-16(2)14-33-3)30-11-8-17(9-12-30)18-6-7-20-19(18)5-4-10-25-20/h4-6,10,15-17,31H,7-9,11-14H2,1-3H3,(H,26,32)/t15-,16-/m1/s1. The predicted molar refractivity (Wildman–Crippen MR) is 127 cm³/mol. The Kier molecular flexibility index (Phi) is 7.69. The molecule has 1 saturated heterocycles. The first-order valence-corrected chi connectivity index (χ1v) is 11.7. The Morgan fingerprint density at radius 3 is 2.79 bits per heavy atom. The van der Waals surface area contributed by atoms with Gasteiger partial charge in [-0.05, 0) is 49.8 Å². The average Bonchev–Trinajstić information content (AvgIpc) is 3.28. The molecule has 10 heteroatoms. The average molecular weight is 469 g/mol. The van der Waals surface area contributed by atoms with Crippen molar-refractivity contribution in [2.75, 3.05) is 38.3 Å². The lowest BCUT2D eigenvalue weighted by atomic mass is 9.87. The van der Waals surface area contributed by atoms with Gasteiger partial charge >= 0.3 is 6.01 Å². The summed E-state index contributed by atoms with van der Waals surface area (Å²) in [5.74, 6) is 0.349. The second-order valence-electron chi connectivity index (χ2n) is 8.81. The van der Waals surface area contributed by atoms with Gasteiger partial charge in [0.1, 0.15) is 6.10 Å². The van der Waals surface area contributed by atoms with Crippen molar-refractivity contribution in [1.82, 2.24) is 25.3 Å². The number of carbonyl (C=O) groups excluding carboxylic acids is 1. The molecule has 1 amide bonds. The third-order valence-electron chi connectivity index (χ3n) is 6.10. The number of hydrogen-bond acceptors (Lipinski definition) is 9. The van der Waals surface area contributed by atoms with Crippen LogP contribution in [0.1, 0.15) is 48.6 Å². The highest BCUT2D eigenvalue weighted by atomic mass is 16.5. The normalized spacial score (nSPS) is 17.6. The summed E-state index contributed by atoms with van der Waals surface area (Å²) in [4.78, 5) is 32.4. The molecule has 2 N–H and O–H groups in total. The molecule has 2 atom stereocenters. The molecule has 10 nitrogen and oxygen atoms in total. The lowest BCUT2D eigenvalue weighted by Crippen LogP contribution is -2.38. The fourth-order valence-corrected chi connectivity index (χ4v) is 4.38. The number of methoxy groups -OCH3 is 1. The van der Waals surface area contributed by atoms with Gasteiger partial charge in [0.05, 0.1) is 18.9 Å². The van der Waals surface area contributed by atoms with E-state index in [2.05, 4.69) is 42.3 Å². The zero-order chi connectivity index (χ0) is 24.1. The molecule has 2 aromatic rings. The van der Waals surface area contributed by atoms with Crippen LogP contribution in [0.3, 0.4) is 0 Å². The van der Waals surface area contributed by atoms with Gasteiger partial charge in [-0.25, -0.2) is 0 Å². The molecule has 34 heavy (non-hydrogen) atoms. The smallest absolute Gasteiger partial charge is 0.322 e. The molecule has 0 aromatic carbocycles. The van der Waals surface area contributed by atoms with Gasteiger partial charge in [0.2, 0.25) is 11.8 Å². The number of allylic oxidation sites excluding steroid dienone is 2. The molecule has 4 rings (SSSR count). The first-order chi connectivity index (χ1) is 16.5. The van der Waals surface area contributed by atoms with Gasteiger partial charge in [0.25, 0.3) is 5.91 Å². The van der Waals surface area contributed by atoms with Crippen molar-refractivity contribution < 1.29 is 19.4 Å². The summed E-state index contributed by atoms with van der Waals surface area (Å²) in [7, 11) is 1.59. The van der Waals surface area contributed by atoms with Crippen LogP contribution in [-0.2, 0) is 11.2 Å². The zero-order valence-corrected chi connectivity index (χ0v) is 19.9. The van der Waals surface area contributed by atoms with Crippen molar-refractivity contribution in [2.24, 2.45) is 5.92 Å². The minimum atomic E-state index is -0.482. The van der Waals surface area contributed by atoms with Gasteiger partial charge in [-0.2, -0.15) is 15.0 Å². The third kappa shape index (κ3) is 5.51. The molecule has 2 aromatic heterocycles. The number of aliphatic hydroxyl groups excluding tert-OH is 1. The maximum atomic E-state index is 12.7. The van der Waals surface area contributed by atoms with Gasteiger partial charge in [0, 0.05) is 38.9 Å². The monoisotopic (exact) mass is 468 g/mol. The Labute approximate surface area is 199 Å². The molecular formula is C24H32N6O4. The van der Waals surface area contributed by atoms with E-state index in [1.807, 2.05) is 19.2 Å². The summed E-state index contributed by atoms with van der Waals surface area (Å²) in [6, 6.07) is 3.81. The fraction of sp³-hybridized carbons (Fsp3) is 0.542. The Morgan fingerprint density at radius 1 is 1.26 bits per heavy atom. The molecule has 182 valence electrons. The maximum Gasteiger partial charge on any atom is 0.322 e. The van der Waals surface area contributed by atoms with E-state index in [-0.39, 0.29) is 24.5 Å². The van der Waals surface area contributed by atoms with E-state index >= 15 is 0 Å². The topological polar surface area (TPSA) is 123 Å². The predicted octanol–water partition coefficient (Wildman–Crippen LogP) is 1.65. The zero-order valence-electron chi connectivity index (χ0n) is 19.9. The largest absolute Gasteiger partial charge is 0.458 e. The SMILES string of the molecule is COC[C@@H](C)Oc1nc(C(=O)N[C@H](C)CO)nc(N2CCC(C3=CCc4ncccc43)CC2)n1. The molecule has 0 bridgehead atoms. The second-order valence-corrected chi connectivity index (χ2v) is 8.81. The number of aromatic nitrogens is 4. The van der Waals surface area contributed by atoms with Gasteiger partial charge in [-0.1, -0.05) is 12.1 Å². The molecule has 1 aliphatic heterocycles. The number of nitrogens with zero attached hydrogens (tertiary/aromatic N) is 5. The number of rotatable bonds is 9. The van der Waals surface area contributed by atoms with Crippen LogP contribution >= 0.6 is 0 Å². The molecule has 0 unspecified atom stereocenters. The van der Waals surface area contributed by atoms with Crippen molar-refractivity contribution in [3.05, 3.63) is 41.5 Å². The number of pyridine rings is 1. The Hall–Kier alpha value is -3.11. The Balaban J connectivity index is 1.50. The lowest BCUT2D eigenvalue weighted by molar-refractivity contribution is 0.0833. The van der Waals surface area contributed by atoms with E-state index in [1.54, 1.807) is 14.0 Å². The van der Waals surface area contributed by atoms with Crippen LogP contribution in [0, 0.1) is 5.92 Å². The van der Waals surface area contributed by atoms with Crippen molar-refractivity contribution in [1.29, 1.82) is 0 Å². The van der Waals surface area contributed by atoms with Crippen LogP contribution in [-0.4, -0.2) is 76.5 Å². The molecule has 1 aliphatic carbocycles. The maximum absolute atomic E-state index is 12.7. The molecule has 0 radical (unpaired) electrons. The first-order valence-electron chi connectivity index (χ1n) is 11.7. The van der Waals surface area contributed by atoms with Gasteiger partial charge in [-0.15, -0.1) is 0 Å². The van der Waals surface area contributed by atoms with Crippen molar-refractivity contribution in [3.63, 3.8) is 0 Å². The highest BCUT2D eigenvalue weighted by Crippen LogP contribution is 2.37. The van der Waals surface area contributed by atoms with Crippen LogP contribution in [0.25, 0.3) is 5.57 Å². The minimum Gasteiger partial charge on any atom is -0.458 e. The summed E-state index contributed by atoms with van der Waals surface area (Å²) >= 11 is 0. The van der Waals surface area contributed by atoms with E-state index in [1.165, 1.54) is 11.1 Å². The van der Waals surface area contributed by atoms with Crippen LogP contribution in [0.15, 0.2) is 24.4 Å². The summed E-state index contributed by atoms with van der Waals surface area (Å²) in [6.07, 6.45) is 6.65. The quantitative estimate of drug-likeness (QED) is 0.565. The van der Waals surface area contributed by atoms with Crippen LogP contribution in [0.4, 0.5) is 5.95 Å². The van der Waals surface area contributed by atoms with Gasteiger partial charge < -0.3 is 24.8 Å². The van der Waals surface area contributed by atoms with E-state index in [0.29, 0.717) is 18.5 Å². The molecule has 3 heterocycles. The number of nitrogens with one attached hydrogen (secondary N) is 1. The second kappa shape index (κ2) is 10.9. The summed E-state index contributed by atoms with van der Waals surface area (Å²) in [6.45, 7) is 5.23. The van der Waals surface area contributed by atoms with E-state index in [4.69, 9.17) is 9.47 Å². The summed E-state index contributed by atoms with van der Waals surface area (Å²) in [5.41, 5.74) is 3.80. The number of aliphatic hydroxyl groups is 1. The van der Waals surface area contributed by atoms with Crippen molar-refractivity contribution in [3.8, 4) is 6.01 Å². The molecule has 0 spiro atoms. The highest BCUT2D eigenvalue weighted by Gasteiger charge is 2.29. The molecule has 1 fully saturated rings. The number of anilines is 1. The Bertz CT molecular complexity index is 1040. The summed E-state index contributed by atoms with van der Waals surface area (Å²) in [5, 5.41) is 12.0. The van der Waals surface area contributed by atoms with E-state index in [0.717, 1.165) is 38.0 Å². The molecular weight excluding hydrogens is 436 g/mol. The number of ether oxygens (including phenoxy) is 2. The number of piperidine rings is 1. The Morgan fingerprint density at radius 2 is 2.06 bits per heavy atom. The first kappa shape index (κ1) is 24.0. The third-order valence-corrected chi connectivity index (χ3v) is 6.10. The number of fused-ring (bicyclic) bond motifs is 1. The molecule has 2 aliphatic rings. The summed E-state index contributed by atoms with van der Waals surface area (Å²) < 4.78 is 10.9. The minimum absolute atomic E-state index is 0.0365. The number of carbonyl (C=O) groups is 1. The van der Waals surface area contributed by atoms with Gasteiger partial charge in [-0.3, -0.25) is 9.78 Å². The van der Waals surface area contributed by atoms with Crippen LogP contribution < -0.4 is 15.0 Å². The van der Waals surface area contributed by atoms with E-state index < -0.39 is 11.9 Å². The molecule has 0 saturated carbocycles. The number of hydrogen-bond donors (Lipinski definition) is 2. The fourth-order valence-electron chi connectivity index (χ4n) is 4.38. The van der Waals surface area contributed by atoms with Crippen LogP contribution in [0.5, 0.6) is 6.01 Å². The van der Waals surface area contributed by atoms with Crippen LogP contribution in [0.2, 0.25) is 0 Å². The highest BCUT2D eigenvalue weighted by molar-refractivity contribution is 5.91.